The van der Waals surface area contributed by atoms with Crippen molar-refractivity contribution in [2.45, 2.75) is 91.9 Å². The number of rotatable bonds is 6. The van der Waals surface area contributed by atoms with Crippen LogP contribution in [0.25, 0.3) is 0 Å². The molecule has 0 saturated carbocycles. The van der Waals surface area contributed by atoms with Gasteiger partial charge in [0.25, 0.3) is 0 Å². The third kappa shape index (κ3) is 4.06. The number of aryl methyl sites for hydroxylation is 2. The fourth-order valence-electron chi connectivity index (χ4n) is 3.85. The van der Waals surface area contributed by atoms with E-state index in [1.807, 2.05) is 0 Å². The van der Waals surface area contributed by atoms with E-state index in [1.165, 1.54) is 0 Å². The Morgan fingerprint density at radius 2 is 1.04 bits per heavy atom. The second-order valence-corrected chi connectivity index (χ2v) is 9.70. The molecule has 0 aliphatic carbocycles. The Kier molecular flexibility index (Phi) is 6.23. The summed E-state index contributed by atoms with van der Waals surface area (Å²) < 4.78 is 0. The van der Waals surface area contributed by atoms with E-state index in [2.05, 4.69) is 86.6 Å². The summed E-state index contributed by atoms with van der Waals surface area (Å²) in [4.78, 5) is 0. The second-order valence-electron chi connectivity index (χ2n) is 9.70. The maximum absolute atomic E-state index is 11.2. The van der Waals surface area contributed by atoms with E-state index in [9.17, 15) is 10.2 Å². The molecular weight excluding hydrogens is 344 g/mol. The van der Waals surface area contributed by atoms with Gasteiger partial charge in [0.05, 0.1) is 0 Å². The molecule has 2 aromatic carbocycles. The number of hydrogen-bond acceptors (Lipinski definition) is 2. The van der Waals surface area contributed by atoms with Crippen molar-refractivity contribution in [1.82, 2.24) is 0 Å². The Morgan fingerprint density at radius 1 is 0.714 bits per heavy atom. The molecule has 28 heavy (non-hydrogen) atoms. The van der Waals surface area contributed by atoms with E-state index in [-0.39, 0.29) is 16.7 Å². The monoisotopic (exact) mass is 382 g/mol. The molecule has 0 fully saturated rings. The molecule has 2 N–H and O–H groups in total. The number of benzene rings is 2. The highest BCUT2D eigenvalue weighted by molar-refractivity contribution is 5.55. The maximum Gasteiger partial charge on any atom is 0.123 e. The van der Waals surface area contributed by atoms with Crippen molar-refractivity contribution in [3.63, 3.8) is 0 Å². The van der Waals surface area contributed by atoms with E-state index < -0.39 is 0 Å². The summed E-state index contributed by atoms with van der Waals surface area (Å²) in [5, 5.41) is 22.3. The van der Waals surface area contributed by atoms with E-state index >= 15 is 0 Å². The molecule has 2 nitrogen and oxygen atoms in total. The van der Waals surface area contributed by atoms with Crippen molar-refractivity contribution in [3.8, 4) is 11.5 Å². The van der Waals surface area contributed by atoms with Crippen LogP contribution in [-0.2, 0) is 10.8 Å². The van der Waals surface area contributed by atoms with Crippen LogP contribution in [0.3, 0.4) is 0 Å². The van der Waals surface area contributed by atoms with Gasteiger partial charge in [-0.25, -0.2) is 0 Å². The van der Waals surface area contributed by atoms with Gasteiger partial charge >= 0.3 is 0 Å². The summed E-state index contributed by atoms with van der Waals surface area (Å²) in [7, 11) is 0. The van der Waals surface area contributed by atoms with Gasteiger partial charge in [0.1, 0.15) is 11.5 Å². The van der Waals surface area contributed by atoms with Gasteiger partial charge in [-0.1, -0.05) is 83.9 Å². The zero-order chi connectivity index (χ0) is 21.4. The molecule has 0 heterocycles. The molecule has 0 radical (unpaired) electrons. The fraction of sp³-hybridized carbons (Fsp3) is 0.538. The summed E-state index contributed by atoms with van der Waals surface area (Å²) in [6.07, 6.45) is 1.89. The highest BCUT2D eigenvalue weighted by Gasteiger charge is 2.29. The Morgan fingerprint density at radius 3 is 1.32 bits per heavy atom. The standard InChI is InChI=1S/C26H38O2/c1-10-25(6,7)21-14-16(3)12-19(23(21)27)18(5)20-13-17(4)15-22(24(20)28)26(8,9)11-2/h12-15,18,27-28H,10-11H2,1-9H3. The zero-order valence-electron chi connectivity index (χ0n) is 19.2. The molecule has 0 bridgehead atoms. The number of hydrogen-bond donors (Lipinski definition) is 2. The van der Waals surface area contributed by atoms with E-state index in [4.69, 9.17) is 0 Å². The third-order valence-electron chi connectivity index (χ3n) is 6.73. The lowest BCUT2D eigenvalue weighted by Crippen LogP contribution is -2.18. The van der Waals surface area contributed by atoms with Gasteiger partial charge in [-0.3, -0.25) is 0 Å². The first-order valence-electron chi connectivity index (χ1n) is 10.5. The van der Waals surface area contributed by atoms with Crippen molar-refractivity contribution in [3.05, 3.63) is 57.6 Å². The summed E-state index contributed by atoms with van der Waals surface area (Å²) in [5.74, 6) is 0.627. The van der Waals surface area contributed by atoms with Crippen LogP contribution >= 0.6 is 0 Å². The Hall–Kier alpha value is -1.96. The minimum Gasteiger partial charge on any atom is -0.507 e. The Labute approximate surface area is 171 Å². The van der Waals surface area contributed by atoms with Crippen molar-refractivity contribution in [2.24, 2.45) is 0 Å². The van der Waals surface area contributed by atoms with Crippen LogP contribution in [0.2, 0.25) is 0 Å². The van der Waals surface area contributed by atoms with Crippen molar-refractivity contribution in [1.29, 1.82) is 0 Å². The second kappa shape index (κ2) is 7.81. The van der Waals surface area contributed by atoms with Crippen LogP contribution in [-0.4, -0.2) is 10.2 Å². The number of phenols is 2. The zero-order valence-corrected chi connectivity index (χ0v) is 19.2. The highest BCUT2D eigenvalue weighted by atomic mass is 16.3. The highest BCUT2D eigenvalue weighted by Crippen LogP contribution is 2.45. The maximum atomic E-state index is 11.2. The molecule has 0 spiro atoms. The van der Waals surface area contributed by atoms with Gasteiger partial charge in [0.15, 0.2) is 0 Å². The van der Waals surface area contributed by atoms with Gasteiger partial charge in [0, 0.05) is 28.2 Å². The van der Waals surface area contributed by atoms with Crippen molar-refractivity contribution >= 4 is 0 Å². The van der Waals surface area contributed by atoms with E-state index in [1.54, 1.807) is 0 Å². The molecule has 0 aliphatic rings. The minimum atomic E-state index is -0.103. The fourth-order valence-corrected chi connectivity index (χ4v) is 3.85. The first kappa shape index (κ1) is 22.3. The molecular formula is C26H38O2. The molecule has 0 aromatic heterocycles. The molecule has 2 aromatic rings. The van der Waals surface area contributed by atoms with Crippen LogP contribution in [0.15, 0.2) is 24.3 Å². The molecule has 0 unspecified atom stereocenters. The predicted octanol–water partition coefficient (Wildman–Crippen LogP) is 7.24. The van der Waals surface area contributed by atoms with Gasteiger partial charge in [0.2, 0.25) is 0 Å². The van der Waals surface area contributed by atoms with Crippen LogP contribution in [0.5, 0.6) is 11.5 Å². The summed E-state index contributed by atoms with van der Waals surface area (Å²) >= 11 is 0. The Balaban J connectivity index is 2.70. The molecule has 0 aliphatic heterocycles. The largest absolute Gasteiger partial charge is 0.507 e. The lowest BCUT2D eigenvalue weighted by molar-refractivity contribution is 0.415. The van der Waals surface area contributed by atoms with Crippen LogP contribution in [0.4, 0.5) is 0 Å². The van der Waals surface area contributed by atoms with Crippen molar-refractivity contribution in [2.75, 3.05) is 0 Å². The summed E-state index contributed by atoms with van der Waals surface area (Å²) in [5.41, 5.74) is 5.81. The first-order chi connectivity index (χ1) is 12.9. The number of phenolic OH excluding ortho intramolecular Hbond substituents is 2. The topological polar surface area (TPSA) is 40.5 Å². The third-order valence-corrected chi connectivity index (χ3v) is 6.73. The number of aromatic hydroxyl groups is 2. The normalized spacial score (nSPS) is 12.6. The molecule has 2 heteroatoms. The molecule has 2 rings (SSSR count). The van der Waals surface area contributed by atoms with Gasteiger partial charge in [-0.05, 0) is 37.5 Å². The molecule has 154 valence electrons. The van der Waals surface area contributed by atoms with E-state index in [0.717, 1.165) is 46.2 Å². The molecule has 0 atom stereocenters. The first-order valence-corrected chi connectivity index (χ1v) is 10.5. The average molecular weight is 383 g/mol. The molecule has 0 amide bonds. The lowest BCUT2D eigenvalue weighted by atomic mass is 9.76. The van der Waals surface area contributed by atoms with E-state index in [0.29, 0.717) is 11.5 Å². The van der Waals surface area contributed by atoms with Gasteiger partial charge in [-0.2, -0.15) is 0 Å². The van der Waals surface area contributed by atoms with Crippen LogP contribution in [0.1, 0.15) is 101 Å². The summed E-state index contributed by atoms with van der Waals surface area (Å²) in [6, 6.07) is 8.30. The predicted molar refractivity (Wildman–Crippen MR) is 120 cm³/mol. The minimum absolute atomic E-state index is 0.0994. The SMILES string of the molecule is CCC(C)(C)c1cc(C)cc(C(C)c2cc(C)cc(C(C)(C)CC)c2O)c1O. The van der Waals surface area contributed by atoms with Crippen LogP contribution in [0, 0.1) is 13.8 Å². The average Bonchev–Trinajstić information content (AvgIpc) is 2.64. The Bertz CT molecular complexity index is 788. The van der Waals surface area contributed by atoms with Crippen molar-refractivity contribution < 1.29 is 10.2 Å². The molecule has 0 saturated heterocycles. The smallest absolute Gasteiger partial charge is 0.123 e. The summed E-state index contributed by atoms with van der Waals surface area (Å²) in [6.45, 7) is 19.2. The lowest BCUT2D eigenvalue weighted by Gasteiger charge is -2.29. The van der Waals surface area contributed by atoms with Gasteiger partial charge in [-0.15, -0.1) is 0 Å². The van der Waals surface area contributed by atoms with Gasteiger partial charge < -0.3 is 10.2 Å². The van der Waals surface area contributed by atoms with Crippen LogP contribution < -0.4 is 0 Å². The quantitative estimate of drug-likeness (QED) is 0.552.